The van der Waals surface area contributed by atoms with Crippen molar-refractivity contribution in [3.05, 3.63) is 53.9 Å². The number of aryl methyl sites for hydroxylation is 1. The minimum absolute atomic E-state index is 0.166. The predicted octanol–water partition coefficient (Wildman–Crippen LogP) is 3.73. The first kappa shape index (κ1) is 19.6. The van der Waals surface area contributed by atoms with Crippen molar-refractivity contribution in [2.75, 3.05) is 14.1 Å². The first-order chi connectivity index (χ1) is 13.8. The predicted molar refractivity (Wildman–Crippen MR) is 109 cm³/mol. The molecule has 0 aliphatic carbocycles. The normalized spacial score (nSPS) is 12.1. The molecule has 2 aromatic carbocycles. The standard InChI is InChI=1S/C19H18N4O4S2/c1-12-5-4-6-13(9-12)18-21-17(27-22-18)11-28-19-20-15-10-14(7-8-16(15)26-19)29(24,25)23(2)3/h4-10H,11H2,1-3H3. The quantitative estimate of drug-likeness (QED) is 0.426. The second-order valence-corrected chi connectivity index (χ2v) is 9.65. The minimum Gasteiger partial charge on any atom is -0.431 e. The van der Waals surface area contributed by atoms with Crippen molar-refractivity contribution in [2.45, 2.75) is 22.8 Å². The van der Waals surface area contributed by atoms with Crippen molar-refractivity contribution >= 4 is 32.9 Å². The molecule has 0 atom stereocenters. The Morgan fingerprint density at radius 1 is 1.10 bits per heavy atom. The van der Waals surface area contributed by atoms with Gasteiger partial charge in [-0.2, -0.15) is 4.98 Å². The molecule has 0 saturated heterocycles. The fourth-order valence-electron chi connectivity index (χ4n) is 2.66. The number of hydrogen-bond acceptors (Lipinski definition) is 8. The molecule has 4 aromatic rings. The van der Waals surface area contributed by atoms with Gasteiger partial charge in [-0.05, 0) is 31.2 Å². The van der Waals surface area contributed by atoms with Crippen molar-refractivity contribution < 1.29 is 17.4 Å². The van der Waals surface area contributed by atoms with Crippen LogP contribution in [0.25, 0.3) is 22.5 Å². The molecule has 0 amide bonds. The van der Waals surface area contributed by atoms with E-state index in [2.05, 4.69) is 15.1 Å². The summed E-state index contributed by atoms with van der Waals surface area (Å²) in [6.07, 6.45) is 0. The Bertz CT molecular complexity index is 1280. The lowest BCUT2D eigenvalue weighted by Gasteiger charge is -2.10. The van der Waals surface area contributed by atoms with Crippen LogP contribution in [-0.2, 0) is 15.8 Å². The van der Waals surface area contributed by atoms with Crippen molar-refractivity contribution in [3.8, 4) is 11.4 Å². The number of oxazole rings is 1. The number of aromatic nitrogens is 3. The maximum atomic E-state index is 12.3. The van der Waals surface area contributed by atoms with E-state index in [0.717, 1.165) is 15.4 Å². The summed E-state index contributed by atoms with van der Waals surface area (Å²) in [7, 11) is -0.559. The number of rotatable bonds is 6. The number of sulfonamides is 1. The van der Waals surface area contributed by atoms with Crippen LogP contribution in [0.4, 0.5) is 0 Å². The van der Waals surface area contributed by atoms with Crippen molar-refractivity contribution in [1.29, 1.82) is 0 Å². The molecular weight excluding hydrogens is 412 g/mol. The van der Waals surface area contributed by atoms with E-state index in [1.165, 1.54) is 38.0 Å². The smallest absolute Gasteiger partial charge is 0.257 e. The van der Waals surface area contributed by atoms with Crippen LogP contribution in [0.2, 0.25) is 0 Å². The zero-order valence-corrected chi connectivity index (χ0v) is 17.6. The largest absolute Gasteiger partial charge is 0.431 e. The second-order valence-electron chi connectivity index (χ2n) is 6.57. The van der Waals surface area contributed by atoms with Gasteiger partial charge in [-0.25, -0.2) is 17.7 Å². The third-order valence-corrected chi connectivity index (χ3v) is 6.81. The molecule has 0 aliphatic rings. The summed E-state index contributed by atoms with van der Waals surface area (Å²) < 4.78 is 36.7. The molecule has 0 saturated carbocycles. The highest BCUT2D eigenvalue weighted by atomic mass is 32.2. The van der Waals surface area contributed by atoms with E-state index in [0.29, 0.717) is 33.8 Å². The van der Waals surface area contributed by atoms with E-state index in [4.69, 9.17) is 8.94 Å². The number of benzene rings is 2. The summed E-state index contributed by atoms with van der Waals surface area (Å²) in [5.74, 6) is 1.36. The Morgan fingerprint density at radius 2 is 1.93 bits per heavy atom. The Balaban J connectivity index is 1.50. The minimum atomic E-state index is -3.53. The third kappa shape index (κ3) is 4.04. The van der Waals surface area contributed by atoms with E-state index < -0.39 is 10.0 Å². The highest BCUT2D eigenvalue weighted by Gasteiger charge is 2.19. The van der Waals surface area contributed by atoms with Crippen LogP contribution < -0.4 is 0 Å². The van der Waals surface area contributed by atoms with Gasteiger partial charge >= 0.3 is 0 Å². The first-order valence-corrected chi connectivity index (χ1v) is 11.1. The van der Waals surface area contributed by atoms with Gasteiger partial charge < -0.3 is 8.94 Å². The van der Waals surface area contributed by atoms with E-state index in [1.54, 1.807) is 6.07 Å². The fraction of sp³-hybridized carbons (Fsp3) is 0.211. The van der Waals surface area contributed by atoms with Crippen LogP contribution in [0.15, 0.2) is 61.5 Å². The van der Waals surface area contributed by atoms with E-state index >= 15 is 0 Å². The van der Waals surface area contributed by atoms with Crippen LogP contribution in [0.1, 0.15) is 11.5 Å². The second kappa shape index (κ2) is 7.62. The molecule has 29 heavy (non-hydrogen) atoms. The number of hydrogen-bond donors (Lipinski definition) is 0. The van der Waals surface area contributed by atoms with Crippen LogP contribution in [0.5, 0.6) is 0 Å². The van der Waals surface area contributed by atoms with Crippen LogP contribution in [0.3, 0.4) is 0 Å². The molecule has 0 radical (unpaired) electrons. The molecule has 0 aliphatic heterocycles. The zero-order chi connectivity index (χ0) is 20.6. The zero-order valence-electron chi connectivity index (χ0n) is 16.0. The van der Waals surface area contributed by atoms with Crippen LogP contribution in [0, 0.1) is 6.92 Å². The summed E-state index contributed by atoms with van der Waals surface area (Å²) in [5.41, 5.74) is 2.99. The average Bonchev–Trinajstić information content (AvgIpc) is 3.32. The SMILES string of the molecule is Cc1cccc(-c2noc(CSc3nc4cc(S(=O)(=O)N(C)C)ccc4o3)n2)c1. The molecule has 2 aromatic heterocycles. The Labute approximate surface area is 172 Å². The molecule has 0 bridgehead atoms. The summed E-state index contributed by atoms with van der Waals surface area (Å²) >= 11 is 1.30. The molecule has 0 unspecified atom stereocenters. The maximum Gasteiger partial charge on any atom is 0.257 e. The fourth-order valence-corrected chi connectivity index (χ4v) is 4.26. The monoisotopic (exact) mass is 430 g/mol. The van der Waals surface area contributed by atoms with Crippen molar-refractivity contribution in [1.82, 2.24) is 19.4 Å². The van der Waals surface area contributed by atoms with E-state index in [1.807, 2.05) is 31.2 Å². The van der Waals surface area contributed by atoms with Crippen molar-refractivity contribution in [3.63, 3.8) is 0 Å². The Hall–Kier alpha value is -2.69. The van der Waals surface area contributed by atoms with Gasteiger partial charge in [-0.15, -0.1) is 0 Å². The lowest BCUT2D eigenvalue weighted by molar-refractivity contribution is 0.391. The van der Waals surface area contributed by atoms with Gasteiger partial charge in [0.2, 0.25) is 21.7 Å². The highest BCUT2D eigenvalue weighted by molar-refractivity contribution is 7.98. The molecule has 4 rings (SSSR count). The lowest BCUT2D eigenvalue weighted by atomic mass is 10.1. The summed E-state index contributed by atoms with van der Waals surface area (Å²) in [4.78, 5) is 8.93. The molecule has 2 heterocycles. The molecule has 150 valence electrons. The van der Waals surface area contributed by atoms with E-state index in [-0.39, 0.29) is 4.90 Å². The van der Waals surface area contributed by atoms with Gasteiger partial charge in [-0.1, -0.05) is 40.7 Å². The number of thioether (sulfide) groups is 1. The third-order valence-electron chi connectivity index (χ3n) is 4.18. The topological polar surface area (TPSA) is 102 Å². The molecule has 10 heteroatoms. The highest BCUT2D eigenvalue weighted by Crippen LogP contribution is 2.28. The molecule has 0 spiro atoms. The van der Waals surface area contributed by atoms with Crippen LogP contribution in [-0.4, -0.2) is 41.9 Å². The first-order valence-electron chi connectivity index (χ1n) is 8.68. The summed E-state index contributed by atoms with van der Waals surface area (Å²) in [6, 6.07) is 12.5. The molecular formula is C19H18N4O4S2. The lowest BCUT2D eigenvalue weighted by Crippen LogP contribution is -2.22. The van der Waals surface area contributed by atoms with E-state index in [9.17, 15) is 8.42 Å². The number of nitrogens with zero attached hydrogens (tertiary/aromatic N) is 4. The van der Waals surface area contributed by atoms with Gasteiger partial charge in [0.25, 0.3) is 5.22 Å². The Kier molecular flexibility index (Phi) is 5.15. The van der Waals surface area contributed by atoms with Gasteiger partial charge in [0, 0.05) is 19.7 Å². The average molecular weight is 431 g/mol. The molecule has 0 N–H and O–H groups in total. The summed E-state index contributed by atoms with van der Waals surface area (Å²) in [5, 5.41) is 4.41. The maximum absolute atomic E-state index is 12.3. The van der Waals surface area contributed by atoms with Crippen molar-refractivity contribution in [2.24, 2.45) is 0 Å². The molecule has 8 nitrogen and oxygen atoms in total. The van der Waals surface area contributed by atoms with Gasteiger partial charge in [-0.3, -0.25) is 0 Å². The molecule has 0 fully saturated rings. The number of fused-ring (bicyclic) bond motifs is 1. The van der Waals surface area contributed by atoms with Gasteiger partial charge in [0.1, 0.15) is 5.52 Å². The van der Waals surface area contributed by atoms with Crippen LogP contribution >= 0.6 is 11.8 Å². The van der Waals surface area contributed by atoms with Gasteiger partial charge in [0.15, 0.2) is 5.58 Å². The van der Waals surface area contributed by atoms with Gasteiger partial charge in [0.05, 0.1) is 10.6 Å². The summed E-state index contributed by atoms with van der Waals surface area (Å²) in [6.45, 7) is 2.00. The Morgan fingerprint density at radius 3 is 2.69 bits per heavy atom.